The predicted molar refractivity (Wildman–Crippen MR) is 87.9 cm³/mol. The summed E-state index contributed by atoms with van der Waals surface area (Å²) < 4.78 is 9.43. The molecule has 0 heterocycles. The monoisotopic (exact) mass is 340 g/mol. The summed E-state index contributed by atoms with van der Waals surface area (Å²) in [4.78, 5) is 35.4. The van der Waals surface area contributed by atoms with Gasteiger partial charge in [0.05, 0.1) is 26.6 Å². The third-order valence-electron chi connectivity index (χ3n) is 3.37. The lowest BCUT2D eigenvalue weighted by Crippen LogP contribution is -2.23. The molecule has 0 aliphatic carbocycles. The number of rotatable bonds is 7. The van der Waals surface area contributed by atoms with Crippen molar-refractivity contribution in [2.24, 2.45) is 5.92 Å². The molecular formula is C16H21O6P. The minimum absolute atomic E-state index is 0.0342. The average molecular weight is 340 g/mol. The number of esters is 2. The van der Waals surface area contributed by atoms with Crippen LogP contribution in [0, 0.1) is 5.92 Å². The quantitative estimate of drug-likeness (QED) is 0.458. The van der Waals surface area contributed by atoms with Gasteiger partial charge in [0.15, 0.2) is 5.78 Å². The topological polar surface area (TPSA) is 89.9 Å². The van der Waals surface area contributed by atoms with Crippen LogP contribution < -0.4 is 5.30 Å². The van der Waals surface area contributed by atoms with Crippen molar-refractivity contribution < 1.29 is 29.0 Å². The summed E-state index contributed by atoms with van der Waals surface area (Å²) in [6.07, 6.45) is -0.168. The second-order valence-electron chi connectivity index (χ2n) is 5.05. The summed E-state index contributed by atoms with van der Waals surface area (Å²) in [5, 5.41) is 10.4. The van der Waals surface area contributed by atoms with Crippen LogP contribution in [-0.2, 0) is 25.5 Å². The Morgan fingerprint density at radius 3 is 2.48 bits per heavy atom. The van der Waals surface area contributed by atoms with Crippen molar-refractivity contribution in [3.63, 3.8) is 0 Å². The number of aromatic hydroxyl groups is 1. The number of phenolic OH excluding ortho intramolecular Hbond substituents is 1. The third kappa shape index (κ3) is 5.03. The summed E-state index contributed by atoms with van der Waals surface area (Å²) in [5.74, 6) is -1.87. The number of methoxy groups -OCH3 is 1. The van der Waals surface area contributed by atoms with Crippen LogP contribution in [0.25, 0.3) is 0 Å². The molecule has 6 nitrogen and oxygen atoms in total. The van der Waals surface area contributed by atoms with Gasteiger partial charge in [0, 0.05) is 17.0 Å². The Balaban J connectivity index is 3.06. The van der Waals surface area contributed by atoms with Crippen LogP contribution in [0.2, 0.25) is 0 Å². The summed E-state index contributed by atoms with van der Waals surface area (Å²) in [6.45, 7) is 3.55. The number of hydrogen-bond donors (Lipinski definition) is 1. The molecule has 7 heteroatoms. The van der Waals surface area contributed by atoms with E-state index < -0.39 is 17.9 Å². The Hall–Kier alpha value is -1.94. The fourth-order valence-corrected chi connectivity index (χ4v) is 2.59. The molecule has 0 fully saturated rings. The molecular weight excluding hydrogens is 319 g/mol. The first kappa shape index (κ1) is 19.1. The smallest absolute Gasteiger partial charge is 0.310 e. The van der Waals surface area contributed by atoms with E-state index in [2.05, 4.69) is 14.0 Å². The average Bonchev–Trinajstić information content (AvgIpc) is 2.51. The number of phenols is 1. The lowest BCUT2D eigenvalue weighted by molar-refractivity contribution is -0.142. The van der Waals surface area contributed by atoms with Gasteiger partial charge in [0.25, 0.3) is 0 Å². The van der Waals surface area contributed by atoms with Crippen molar-refractivity contribution in [1.82, 2.24) is 0 Å². The lowest BCUT2D eigenvalue weighted by Gasteiger charge is -2.15. The van der Waals surface area contributed by atoms with Crippen LogP contribution in [0.5, 0.6) is 5.75 Å². The summed E-state index contributed by atoms with van der Waals surface area (Å²) in [7, 11) is 3.63. The molecule has 1 aromatic carbocycles. The molecule has 0 spiro atoms. The molecule has 23 heavy (non-hydrogen) atoms. The van der Waals surface area contributed by atoms with Crippen LogP contribution in [0.1, 0.15) is 36.2 Å². The molecule has 2 atom stereocenters. The van der Waals surface area contributed by atoms with Gasteiger partial charge in [-0.3, -0.25) is 14.4 Å². The minimum atomic E-state index is -0.568. The number of carbonyl (C=O) groups excluding carboxylic acids is 3. The molecule has 1 aromatic rings. The molecule has 0 amide bonds. The highest BCUT2D eigenvalue weighted by Gasteiger charge is 2.23. The van der Waals surface area contributed by atoms with Gasteiger partial charge >= 0.3 is 11.9 Å². The van der Waals surface area contributed by atoms with Crippen LogP contribution >= 0.6 is 9.24 Å². The van der Waals surface area contributed by atoms with E-state index in [0.29, 0.717) is 16.4 Å². The normalized spacial score (nSPS) is 11.7. The van der Waals surface area contributed by atoms with Gasteiger partial charge in [-0.25, -0.2) is 0 Å². The molecule has 0 radical (unpaired) electrons. The van der Waals surface area contributed by atoms with E-state index in [1.807, 2.05) is 0 Å². The molecule has 1 rings (SSSR count). The Morgan fingerprint density at radius 2 is 1.91 bits per heavy atom. The minimum Gasteiger partial charge on any atom is -0.508 e. The van der Waals surface area contributed by atoms with Crippen molar-refractivity contribution in [3.8, 4) is 5.75 Å². The molecule has 0 bridgehead atoms. The third-order valence-corrected chi connectivity index (χ3v) is 4.03. The van der Waals surface area contributed by atoms with Gasteiger partial charge in [-0.2, -0.15) is 0 Å². The van der Waals surface area contributed by atoms with Crippen LogP contribution in [0.3, 0.4) is 0 Å². The number of carbonyl (C=O) groups is 3. The van der Waals surface area contributed by atoms with E-state index in [-0.39, 0.29) is 31.0 Å². The highest BCUT2D eigenvalue weighted by atomic mass is 31.0. The SMILES string of the molecule is CCOC(=O)Cc1c(O)ccc(C(=O)C(C)CC(=O)OC)c1P. The Labute approximate surface area is 137 Å². The maximum absolute atomic E-state index is 12.5. The van der Waals surface area contributed by atoms with E-state index in [4.69, 9.17) is 4.74 Å². The van der Waals surface area contributed by atoms with E-state index in [1.165, 1.54) is 19.2 Å². The highest BCUT2D eigenvalue weighted by molar-refractivity contribution is 7.28. The van der Waals surface area contributed by atoms with Crippen molar-refractivity contribution in [1.29, 1.82) is 0 Å². The largest absolute Gasteiger partial charge is 0.508 e. The van der Waals surface area contributed by atoms with Gasteiger partial charge in [-0.1, -0.05) is 6.92 Å². The van der Waals surface area contributed by atoms with Crippen molar-refractivity contribution in [2.45, 2.75) is 26.7 Å². The van der Waals surface area contributed by atoms with E-state index in [1.54, 1.807) is 13.8 Å². The maximum Gasteiger partial charge on any atom is 0.310 e. The summed E-state index contributed by atoms with van der Waals surface area (Å²) >= 11 is 0. The second kappa shape index (κ2) is 8.63. The first-order valence-electron chi connectivity index (χ1n) is 7.18. The zero-order chi connectivity index (χ0) is 17.6. The zero-order valence-corrected chi connectivity index (χ0v) is 14.6. The number of ketones is 1. The number of hydrogen-bond acceptors (Lipinski definition) is 6. The van der Waals surface area contributed by atoms with Crippen LogP contribution in [-0.4, -0.2) is 36.5 Å². The van der Waals surface area contributed by atoms with Gasteiger partial charge < -0.3 is 14.6 Å². The molecule has 0 aliphatic rings. The Morgan fingerprint density at radius 1 is 1.26 bits per heavy atom. The van der Waals surface area contributed by atoms with E-state index in [0.717, 1.165) is 0 Å². The summed E-state index contributed by atoms with van der Waals surface area (Å²) in [5.41, 5.74) is 0.660. The molecule has 1 N–H and O–H groups in total. The van der Waals surface area contributed by atoms with Gasteiger partial charge in [-0.15, -0.1) is 9.24 Å². The summed E-state index contributed by atoms with van der Waals surface area (Å²) in [6, 6.07) is 2.84. The number of ether oxygens (including phenoxy) is 2. The van der Waals surface area contributed by atoms with Crippen LogP contribution in [0.15, 0.2) is 12.1 Å². The van der Waals surface area contributed by atoms with Gasteiger partial charge in [0.1, 0.15) is 5.75 Å². The highest BCUT2D eigenvalue weighted by Crippen LogP contribution is 2.22. The first-order chi connectivity index (χ1) is 10.8. The fourth-order valence-electron chi connectivity index (χ4n) is 2.10. The number of benzene rings is 1. The zero-order valence-electron chi connectivity index (χ0n) is 13.4. The maximum atomic E-state index is 12.5. The standard InChI is InChI=1S/C16H21O6P/c1-4-22-14(19)8-11-12(17)6-5-10(16(11)23)15(20)9(2)7-13(18)21-3/h5-6,9,17H,4,7-8,23H2,1-3H3. The molecule has 2 unspecified atom stereocenters. The molecule has 0 saturated carbocycles. The second-order valence-corrected chi connectivity index (χ2v) is 5.63. The lowest BCUT2D eigenvalue weighted by atomic mass is 9.94. The number of Topliss-reactive ketones (excluding diaryl/α,β-unsaturated/α-hetero) is 1. The fraction of sp³-hybridized carbons (Fsp3) is 0.438. The van der Waals surface area contributed by atoms with Crippen molar-refractivity contribution in [2.75, 3.05) is 13.7 Å². The Bertz CT molecular complexity index is 611. The van der Waals surface area contributed by atoms with Crippen molar-refractivity contribution in [3.05, 3.63) is 23.3 Å². The van der Waals surface area contributed by atoms with E-state index in [9.17, 15) is 19.5 Å². The molecule has 0 aromatic heterocycles. The molecule has 0 saturated heterocycles. The molecule has 126 valence electrons. The van der Waals surface area contributed by atoms with Crippen molar-refractivity contribution >= 4 is 32.3 Å². The van der Waals surface area contributed by atoms with Crippen LogP contribution in [0.4, 0.5) is 0 Å². The first-order valence-corrected chi connectivity index (χ1v) is 7.76. The van der Waals surface area contributed by atoms with Gasteiger partial charge in [0.2, 0.25) is 0 Å². The van der Waals surface area contributed by atoms with E-state index >= 15 is 0 Å². The predicted octanol–water partition coefficient (Wildman–Crippen LogP) is 1.38. The Kier molecular flexibility index (Phi) is 7.17. The van der Waals surface area contributed by atoms with Gasteiger partial charge in [-0.05, 0) is 24.4 Å². The molecule has 0 aliphatic heterocycles.